The van der Waals surface area contributed by atoms with Crippen LogP contribution in [0.3, 0.4) is 0 Å². The van der Waals surface area contributed by atoms with E-state index in [2.05, 4.69) is 87.1 Å². The standard InChI is InChI=1S/C18H22ClN3O2S.C15H18ClN3S.C14H15BrClNO3.C14H16ClNO3.C13H14ClNO4.C11H14ClNO2.C8H10ClN.C3H5ClO2.C2H2O3.7CH4/c1-4-24-18(23)22-8-7-12-9-13(19)5-6-14(12)16(22)15-10-25-17(21-15)20-11(2)3;1-9(2)18-15-19-13(8-20-15)14-12-4-3-11(16)7-10(12)5-6-17-14;1-2-20-14(19)17-6-5-9-7-10(16)3-4-11(9)13(17)12(18)8-15;1-3-19-14(18)16-7-6-10-8-11(15)4-5-12(10)13(16)9(2)17;1-2-19-13(18)15-6-5-8-7-9(14)3-4-10(8)11(15)12(16)17;1-2-15-11(14)13-7-6-9-4-3-5-10(12)8-9;9-8-3-1-2-7(6-8)4-5-10;1-2-6-3(4)5;3-1-2(4)5;;;;;;;/h5-6,9-11,16H,4,7-8H2,1-3H3,(H,20,21);3-4,7-9,14,17H,5-6H2,1-2H3,(H,18,19);3-4,7,13H,2,5-6,8H2,1H3;4-5,8,13H,3,6-7H2,1-2H3;3-4,7,11H,2,5-6H2,1H3,(H,16,17);3-5,8H,2,6-7H2,1H3,(H,13,14);1-3,6H,4-5,10H2;2H2,1H3;1H,(H,4,5);7*1H4. The zero-order valence-corrected chi connectivity index (χ0v) is 88.0. The van der Waals surface area contributed by atoms with Crippen molar-refractivity contribution < 1.29 is 91.4 Å². The van der Waals surface area contributed by atoms with Crippen molar-refractivity contribution in [3.05, 3.63) is 264 Å². The molecule has 30 nitrogen and oxygen atoms in total. The molecule has 0 aliphatic carbocycles. The molecule has 5 aliphatic heterocycles. The fourth-order valence-electron chi connectivity index (χ4n) is 14.8. The summed E-state index contributed by atoms with van der Waals surface area (Å²) < 4.78 is 29.1. The average molecular weight is 2290 g/mol. The van der Waals surface area contributed by atoms with E-state index < -0.39 is 53.8 Å². The third kappa shape index (κ3) is 44.7. The number of aliphatic carboxylic acids is 2. The van der Waals surface area contributed by atoms with Crippen LogP contribution in [0.15, 0.2) is 150 Å². The highest BCUT2D eigenvalue weighted by atomic mass is 79.9. The number of anilines is 2. The first-order chi connectivity index (χ1) is 66.4. The molecule has 2 aromatic heterocycles. The zero-order chi connectivity index (χ0) is 103. The summed E-state index contributed by atoms with van der Waals surface area (Å²) >= 11 is 52.8. The van der Waals surface area contributed by atoms with Crippen molar-refractivity contribution in [3.8, 4) is 0 Å². The lowest BCUT2D eigenvalue weighted by atomic mass is 9.91. The highest BCUT2D eigenvalue weighted by molar-refractivity contribution is 9.09. The van der Waals surface area contributed by atoms with E-state index in [0.717, 1.165) is 108 Å². The molecule has 0 spiro atoms. The van der Waals surface area contributed by atoms with Crippen molar-refractivity contribution in [3.63, 3.8) is 0 Å². The Balaban J connectivity index is 0. The molecule has 14 rings (SSSR count). The van der Waals surface area contributed by atoms with Gasteiger partial charge in [-0.05, 0) is 279 Å². The van der Waals surface area contributed by atoms with Crippen LogP contribution >= 0.6 is 131 Å². The van der Waals surface area contributed by atoms with Gasteiger partial charge in [-0.2, -0.15) is 0 Å². The number of halogens is 9. The predicted octanol–water partition coefficient (Wildman–Crippen LogP) is 27.0. The van der Waals surface area contributed by atoms with Gasteiger partial charge in [0.2, 0.25) is 6.29 Å². The number of hydrogen-bond donors (Lipinski definition) is 7. The molecule has 5 atom stereocenters. The third-order valence-corrected chi connectivity index (χ3v) is 24.4. The molecule has 0 fully saturated rings. The van der Waals surface area contributed by atoms with E-state index in [0.29, 0.717) is 128 Å². The molecule has 146 heavy (non-hydrogen) atoms. The summed E-state index contributed by atoms with van der Waals surface area (Å²) in [7, 11) is 0. The Labute approximate surface area is 917 Å². The second kappa shape index (κ2) is 72.3. The number of nitrogens with two attached hydrogens (primary N) is 1. The number of carboxylic acids is 2. The van der Waals surface area contributed by atoms with Gasteiger partial charge in [0.1, 0.15) is 18.1 Å². The van der Waals surface area contributed by atoms with Crippen LogP contribution in [0.1, 0.15) is 237 Å². The normalized spacial score (nSPS) is 14.6. The minimum atomic E-state index is -1.43. The van der Waals surface area contributed by atoms with Gasteiger partial charge in [-0.25, -0.2) is 48.3 Å². The van der Waals surface area contributed by atoms with Crippen LogP contribution in [0, 0.1) is 0 Å². The van der Waals surface area contributed by atoms with Crippen molar-refractivity contribution in [1.29, 1.82) is 0 Å². The summed E-state index contributed by atoms with van der Waals surface area (Å²) in [6.07, 6.45) is 3.00. The second-order valence-corrected chi connectivity index (χ2v) is 36.8. The molecule has 7 aromatic carbocycles. The van der Waals surface area contributed by atoms with Crippen molar-refractivity contribution in [2.24, 2.45) is 5.73 Å². The van der Waals surface area contributed by atoms with E-state index in [9.17, 15) is 48.3 Å². The lowest BCUT2D eigenvalue weighted by Gasteiger charge is -2.35. The van der Waals surface area contributed by atoms with Crippen LogP contribution in [0.4, 0.5) is 39.0 Å². The number of nitrogens with one attached hydrogen (secondary N) is 4. The lowest BCUT2D eigenvalue weighted by molar-refractivity contribution is -0.143. The number of amides is 5. The topological polar surface area (TPSA) is 396 Å². The molecule has 5 unspecified atom stereocenters. The molecular weight excluding hydrogens is 2150 g/mol. The molecule has 8 N–H and O–H groups in total. The number of rotatable bonds is 22. The molecule has 41 heteroatoms. The number of carbonyl (C=O) groups excluding carboxylic acids is 9. The molecule has 5 aliphatic rings. The summed E-state index contributed by atoms with van der Waals surface area (Å²) in [6, 6.07) is 41.6. The number of thiazole rings is 2. The molecule has 9 aromatic rings. The fourth-order valence-corrected chi connectivity index (χ4v) is 18.4. The maximum atomic E-state index is 12.5. The van der Waals surface area contributed by atoms with Crippen molar-refractivity contribution in [2.75, 3.05) is 101 Å². The zero-order valence-electron chi connectivity index (χ0n) is 78.7. The smallest absolute Gasteiger partial charge is 0.410 e. The number of hydrogen-bond acceptors (Lipinski definition) is 25. The fraction of sp³-hybridized carbons (Fsp3) is 0.438. The monoisotopic (exact) mass is 2290 g/mol. The summed E-state index contributed by atoms with van der Waals surface area (Å²) in [5.41, 5.74) is 18.9. The minimum absolute atomic E-state index is 0. The number of aldehydes is 1. The van der Waals surface area contributed by atoms with E-state index >= 15 is 0 Å². The van der Waals surface area contributed by atoms with Crippen molar-refractivity contribution in [1.82, 2.24) is 40.2 Å². The van der Waals surface area contributed by atoms with Crippen molar-refractivity contribution >= 4 is 207 Å². The Morgan fingerprint density at radius 1 is 0.466 bits per heavy atom. The third-order valence-electron chi connectivity index (χ3n) is 20.5. The Morgan fingerprint density at radius 3 is 1.18 bits per heavy atom. The van der Waals surface area contributed by atoms with Gasteiger partial charge in [0.25, 0.3) is 0 Å². The number of alkyl carbamates (subject to hydrolysis) is 1. The number of ketones is 2. The van der Waals surface area contributed by atoms with Gasteiger partial charge in [-0.1, -0.05) is 204 Å². The van der Waals surface area contributed by atoms with Crippen LogP contribution in [-0.2, 0) is 97.3 Å². The highest BCUT2D eigenvalue weighted by Gasteiger charge is 2.40. The van der Waals surface area contributed by atoms with E-state index in [1.165, 1.54) is 38.3 Å². The van der Waals surface area contributed by atoms with Gasteiger partial charge in [0.15, 0.2) is 27.9 Å². The van der Waals surface area contributed by atoms with Gasteiger partial charge in [0, 0.05) is 109 Å². The van der Waals surface area contributed by atoms with E-state index in [1.807, 2.05) is 109 Å². The van der Waals surface area contributed by atoms with Crippen LogP contribution < -0.4 is 27.0 Å². The summed E-state index contributed by atoms with van der Waals surface area (Å²) in [6.45, 7) is 26.3. The van der Waals surface area contributed by atoms with E-state index in [-0.39, 0.29) is 113 Å². The average Bonchev–Trinajstić information content (AvgIpc) is 1.48. The van der Waals surface area contributed by atoms with Gasteiger partial charge in [0.05, 0.1) is 62.4 Å². The molecule has 808 valence electrons. The van der Waals surface area contributed by atoms with Crippen molar-refractivity contribution in [2.45, 2.75) is 215 Å². The van der Waals surface area contributed by atoms with E-state index in [1.54, 1.807) is 92.5 Å². The molecule has 0 bridgehead atoms. The number of fused-ring (bicyclic) bond motifs is 5. The molecule has 5 amide bonds. The van der Waals surface area contributed by atoms with Crippen LogP contribution in [0.2, 0.25) is 35.2 Å². The Kier molecular flexibility index (Phi) is 68.3. The van der Waals surface area contributed by atoms with Crippen LogP contribution in [0.25, 0.3) is 0 Å². The number of aromatic nitrogens is 2. The first-order valence-corrected chi connectivity index (χ1v) is 50.5. The number of nitrogens with zero attached hydrogens (tertiary/aromatic N) is 6. The molecule has 0 radical (unpaired) electrons. The van der Waals surface area contributed by atoms with Gasteiger partial charge >= 0.3 is 47.8 Å². The Bertz CT molecular complexity index is 5480. The maximum absolute atomic E-state index is 12.5. The van der Waals surface area contributed by atoms with Gasteiger partial charge in [-0.3, -0.25) is 34.0 Å². The maximum Gasteiger partial charge on any atom is 0.410 e. The number of ether oxygens (including phenoxy) is 6. The Hall–Kier alpha value is -10.1. The van der Waals surface area contributed by atoms with Gasteiger partial charge in [-0.15, -0.1) is 22.7 Å². The largest absolute Gasteiger partial charge is 0.479 e. The first kappa shape index (κ1) is 138. The number of Topliss-reactive ketones (excluding diaryl/α,β-unsaturated/α-hetero) is 2. The van der Waals surface area contributed by atoms with Crippen LogP contribution in [0.5, 0.6) is 0 Å². The summed E-state index contributed by atoms with van der Waals surface area (Å²) in [5, 5.41) is 40.6. The molecular formula is C105H144BrCl8N11O19S2. The number of alkyl halides is 1. The van der Waals surface area contributed by atoms with Crippen LogP contribution in [-0.4, -0.2) is 208 Å². The summed E-state index contributed by atoms with van der Waals surface area (Å²) in [5.74, 6) is -2.64. The minimum Gasteiger partial charge on any atom is -0.479 e. The lowest BCUT2D eigenvalue weighted by Crippen LogP contribution is -2.44. The highest BCUT2D eigenvalue weighted by Crippen LogP contribution is 2.41. The number of benzene rings is 7. The second-order valence-electron chi connectivity index (χ2n) is 31.2. The Morgan fingerprint density at radius 2 is 0.808 bits per heavy atom. The first-order valence-electron chi connectivity index (χ1n) is 44.6. The predicted molar refractivity (Wildman–Crippen MR) is 598 cm³/mol. The molecule has 0 saturated heterocycles. The van der Waals surface area contributed by atoms with Gasteiger partial charge < -0.3 is 65.6 Å². The van der Waals surface area contributed by atoms with E-state index in [4.69, 9.17) is 147 Å². The SMILES string of the molecule is C.C.C.C.C.C.C.CC(C)Nc1nc(C2NCCc3cc(Cl)ccc32)cs1.CCOC(=O)Cl.CCOC(=O)N1CCc2cc(Cl)ccc2C1C(=O)CBr.CCOC(=O)N1CCc2cc(Cl)ccc2C1C(=O)O.CCOC(=O)N1CCc2cc(Cl)ccc2C1C(C)=O.CCOC(=O)N1CCc2cc(Cl)ccc2C1c1csc(NC(C)C)n1.CCOC(=O)NCCc1cccc(Cl)c1.NCCc1cccc(Cl)c1.O=CC(=O)O. The number of carbonyl (C=O) groups is 11. The quantitative estimate of drug-likeness (QED) is 0.0109. The number of carboxylic acid groups (broad SMARTS) is 2. The molecule has 0 saturated carbocycles. The molecule has 7 heterocycles. The summed E-state index contributed by atoms with van der Waals surface area (Å²) in [4.78, 5) is 138.